The van der Waals surface area contributed by atoms with Crippen LogP contribution in [0.5, 0.6) is 0 Å². The van der Waals surface area contributed by atoms with Crippen LogP contribution in [0.3, 0.4) is 0 Å². The zero-order valence-electron chi connectivity index (χ0n) is 7.47. The molecule has 1 saturated carbocycles. The second-order valence-electron chi connectivity index (χ2n) is 4.06. The van der Waals surface area contributed by atoms with Crippen LogP contribution in [0.2, 0.25) is 0 Å². The fourth-order valence-electron chi connectivity index (χ4n) is 1.91. The van der Waals surface area contributed by atoms with Crippen molar-refractivity contribution in [2.24, 2.45) is 11.8 Å². The summed E-state index contributed by atoms with van der Waals surface area (Å²) in [6.07, 6.45) is 11.2. The van der Waals surface area contributed by atoms with Crippen molar-refractivity contribution in [1.29, 1.82) is 0 Å². The van der Waals surface area contributed by atoms with E-state index in [0.29, 0.717) is 0 Å². The number of allylic oxidation sites excluding steroid dienone is 2. The molecule has 1 atom stereocenters. The minimum absolute atomic E-state index is 0.992. The number of rotatable bonds is 5. The van der Waals surface area contributed by atoms with Crippen molar-refractivity contribution in [3.8, 4) is 0 Å². The molecule has 1 fully saturated rings. The molecular weight excluding hydrogens is 132 g/mol. The first-order valence-electron chi connectivity index (χ1n) is 5.12. The Labute approximate surface area is 69.7 Å². The zero-order chi connectivity index (χ0) is 7.68. The maximum absolute atomic E-state index is 2.51. The fraction of sp³-hybridized carbons (Fsp3) is 0.818. The third-order valence-electron chi connectivity index (χ3n) is 2.91. The molecule has 0 aromatic heterocycles. The van der Waals surface area contributed by atoms with E-state index in [-0.39, 0.29) is 0 Å². The SMILES string of the molecule is CCCCCC1=CC1C1CC1. The van der Waals surface area contributed by atoms with Crippen LogP contribution in [0.15, 0.2) is 11.6 Å². The monoisotopic (exact) mass is 150 g/mol. The molecule has 2 aliphatic carbocycles. The Kier molecular flexibility index (Phi) is 2.02. The van der Waals surface area contributed by atoms with Crippen LogP contribution in [-0.2, 0) is 0 Å². The Morgan fingerprint density at radius 1 is 1.36 bits per heavy atom. The van der Waals surface area contributed by atoms with Gasteiger partial charge in [-0.05, 0) is 31.6 Å². The van der Waals surface area contributed by atoms with Crippen molar-refractivity contribution in [2.45, 2.75) is 45.4 Å². The molecule has 2 aliphatic rings. The lowest BCUT2D eigenvalue weighted by atomic mass is 10.1. The number of unbranched alkanes of at least 4 members (excludes halogenated alkanes) is 2. The summed E-state index contributed by atoms with van der Waals surface area (Å²) in [6.45, 7) is 2.28. The maximum atomic E-state index is 2.51. The summed E-state index contributed by atoms with van der Waals surface area (Å²) in [5, 5.41) is 0. The van der Waals surface area contributed by atoms with Crippen LogP contribution in [0.4, 0.5) is 0 Å². The van der Waals surface area contributed by atoms with Gasteiger partial charge in [0, 0.05) is 5.92 Å². The lowest BCUT2D eigenvalue weighted by molar-refractivity contribution is 0.673. The molecule has 0 N–H and O–H groups in total. The van der Waals surface area contributed by atoms with Gasteiger partial charge in [-0.2, -0.15) is 0 Å². The van der Waals surface area contributed by atoms with E-state index in [0.717, 1.165) is 11.8 Å². The van der Waals surface area contributed by atoms with Gasteiger partial charge in [-0.3, -0.25) is 0 Å². The van der Waals surface area contributed by atoms with Gasteiger partial charge in [-0.25, -0.2) is 0 Å². The Morgan fingerprint density at radius 3 is 2.82 bits per heavy atom. The molecule has 0 aromatic carbocycles. The Morgan fingerprint density at radius 2 is 2.18 bits per heavy atom. The molecule has 0 aromatic rings. The van der Waals surface area contributed by atoms with Gasteiger partial charge in [0.2, 0.25) is 0 Å². The highest BCUT2D eigenvalue weighted by molar-refractivity contribution is 5.32. The second-order valence-corrected chi connectivity index (χ2v) is 4.06. The molecule has 0 spiro atoms. The van der Waals surface area contributed by atoms with Gasteiger partial charge in [0.05, 0.1) is 0 Å². The Hall–Kier alpha value is -0.260. The molecule has 2 rings (SSSR count). The molecule has 0 amide bonds. The molecule has 0 heterocycles. The largest absolute Gasteiger partial charge is 0.0773 e. The molecule has 1 unspecified atom stereocenters. The first kappa shape index (κ1) is 7.39. The van der Waals surface area contributed by atoms with Crippen LogP contribution >= 0.6 is 0 Å². The Balaban J connectivity index is 1.55. The van der Waals surface area contributed by atoms with Crippen LogP contribution < -0.4 is 0 Å². The first-order valence-corrected chi connectivity index (χ1v) is 5.12. The highest BCUT2D eigenvalue weighted by Gasteiger charge is 2.38. The van der Waals surface area contributed by atoms with E-state index in [9.17, 15) is 0 Å². The van der Waals surface area contributed by atoms with E-state index in [1.54, 1.807) is 5.57 Å². The fourth-order valence-corrected chi connectivity index (χ4v) is 1.91. The normalized spacial score (nSPS) is 28.5. The van der Waals surface area contributed by atoms with E-state index >= 15 is 0 Å². The van der Waals surface area contributed by atoms with Gasteiger partial charge < -0.3 is 0 Å². The molecule has 0 bridgehead atoms. The number of hydrogen-bond donors (Lipinski definition) is 0. The summed E-state index contributed by atoms with van der Waals surface area (Å²) in [6, 6.07) is 0. The van der Waals surface area contributed by atoms with Crippen molar-refractivity contribution in [1.82, 2.24) is 0 Å². The molecule has 0 saturated heterocycles. The maximum Gasteiger partial charge on any atom is 0.000813 e. The molecule has 0 nitrogen and oxygen atoms in total. The topological polar surface area (TPSA) is 0 Å². The van der Waals surface area contributed by atoms with E-state index in [1.807, 2.05) is 0 Å². The quantitative estimate of drug-likeness (QED) is 0.415. The van der Waals surface area contributed by atoms with Crippen LogP contribution in [0.25, 0.3) is 0 Å². The predicted molar refractivity (Wildman–Crippen MR) is 48.4 cm³/mol. The van der Waals surface area contributed by atoms with Crippen molar-refractivity contribution in [3.05, 3.63) is 11.6 Å². The van der Waals surface area contributed by atoms with Gasteiger partial charge in [0.1, 0.15) is 0 Å². The first-order chi connectivity index (χ1) is 5.42. The van der Waals surface area contributed by atoms with Crippen LogP contribution in [0.1, 0.15) is 45.4 Å². The Bertz CT molecular complexity index is 163. The van der Waals surface area contributed by atoms with Gasteiger partial charge in [-0.1, -0.05) is 31.4 Å². The van der Waals surface area contributed by atoms with E-state index < -0.39 is 0 Å². The van der Waals surface area contributed by atoms with E-state index in [1.165, 1.54) is 38.5 Å². The zero-order valence-corrected chi connectivity index (χ0v) is 7.47. The second kappa shape index (κ2) is 3.00. The van der Waals surface area contributed by atoms with Crippen molar-refractivity contribution >= 4 is 0 Å². The standard InChI is InChI=1S/C11H18/c1-2-3-4-5-10-8-11(10)9-6-7-9/h8-9,11H,2-7H2,1H3. The third-order valence-corrected chi connectivity index (χ3v) is 2.91. The predicted octanol–water partition coefficient (Wildman–Crippen LogP) is 3.53. The summed E-state index contributed by atoms with van der Waals surface area (Å²) in [5.41, 5.74) is 1.79. The lowest BCUT2D eigenvalue weighted by Crippen LogP contribution is -1.84. The van der Waals surface area contributed by atoms with Crippen molar-refractivity contribution in [2.75, 3.05) is 0 Å². The highest BCUT2D eigenvalue weighted by atomic mass is 14.4. The molecule has 62 valence electrons. The molecular formula is C11H18. The van der Waals surface area contributed by atoms with Gasteiger partial charge >= 0.3 is 0 Å². The smallest absolute Gasteiger partial charge is 0.000813 e. The minimum Gasteiger partial charge on any atom is -0.0773 e. The minimum atomic E-state index is 0.992. The average Bonchev–Trinajstić information content (AvgIpc) is 2.83. The van der Waals surface area contributed by atoms with Gasteiger partial charge in [0.25, 0.3) is 0 Å². The summed E-state index contributed by atoms with van der Waals surface area (Å²) >= 11 is 0. The van der Waals surface area contributed by atoms with Crippen LogP contribution in [-0.4, -0.2) is 0 Å². The molecule has 11 heavy (non-hydrogen) atoms. The van der Waals surface area contributed by atoms with Crippen molar-refractivity contribution in [3.63, 3.8) is 0 Å². The molecule has 0 radical (unpaired) electrons. The highest BCUT2D eigenvalue weighted by Crippen LogP contribution is 2.50. The molecule has 0 aliphatic heterocycles. The average molecular weight is 150 g/mol. The third kappa shape index (κ3) is 1.85. The van der Waals surface area contributed by atoms with Crippen molar-refractivity contribution < 1.29 is 0 Å². The van der Waals surface area contributed by atoms with E-state index in [4.69, 9.17) is 0 Å². The summed E-state index contributed by atoms with van der Waals surface area (Å²) in [5.74, 6) is 2.10. The summed E-state index contributed by atoms with van der Waals surface area (Å²) in [4.78, 5) is 0. The van der Waals surface area contributed by atoms with Crippen LogP contribution in [0, 0.1) is 11.8 Å². The molecule has 0 heteroatoms. The van der Waals surface area contributed by atoms with Gasteiger partial charge in [-0.15, -0.1) is 0 Å². The summed E-state index contributed by atoms with van der Waals surface area (Å²) in [7, 11) is 0. The van der Waals surface area contributed by atoms with Gasteiger partial charge in [0.15, 0.2) is 0 Å². The van der Waals surface area contributed by atoms with E-state index in [2.05, 4.69) is 13.0 Å². The summed E-state index contributed by atoms with van der Waals surface area (Å²) < 4.78 is 0. The lowest BCUT2D eigenvalue weighted by Gasteiger charge is -1.96. The number of hydrogen-bond acceptors (Lipinski definition) is 0.